The van der Waals surface area contributed by atoms with Gasteiger partial charge in [0.15, 0.2) is 17.0 Å². The molecule has 1 fully saturated rings. The third-order valence-corrected chi connectivity index (χ3v) is 4.79. The number of piperidine rings is 1. The monoisotopic (exact) mass is 338 g/mol. The number of aromatic nitrogens is 5. The molecule has 2 aromatic heterocycles. The van der Waals surface area contributed by atoms with Gasteiger partial charge in [0, 0.05) is 20.1 Å². The fourth-order valence-corrected chi connectivity index (χ4v) is 3.52. The Morgan fingerprint density at radius 1 is 1.20 bits per heavy atom. The summed E-state index contributed by atoms with van der Waals surface area (Å²) in [4.78, 5) is 22.3. The van der Waals surface area contributed by atoms with Crippen molar-refractivity contribution in [2.45, 2.75) is 18.8 Å². The van der Waals surface area contributed by atoms with Crippen LogP contribution in [0.25, 0.3) is 11.2 Å². The topological polar surface area (TPSA) is 97.0 Å². The highest BCUT2D eigenvalue weighted by molar-refractivity contribution is 5.89. The first kappa shape index (κ1) is 15.5. The predicted molar refractivity (Wildman–Crippen MR) is 91.7 cm³/mol. The van der Waals surface area contributed by atoms with E-state index in [0.717, 1.165) is 37.3 Å². The smallest absolute Gasteiger partial charge is 0.335 e. The van der Waals surface area contributed by atoms with Gasteiger partial charge in [0.25, 0.3) is 0 Å². The summed E-state index contributed by atoms with van der Waals surface area (Å²) in [6, 6.07) is 7.28. The number of hydrogen-bond donors (Lipinski definition) is 1. The molecular weight excluding hydrogens is 320 g/mol. The van der Waals surface area contributed by atoms with Crippen LogP contribution in [0, 0.1) is 0 Å². The second-order valence-corrected chi connectivity index (χ2v) is 6.24. The van der Waals surface area contributed by atoms with Gasteiger partial charge in [0.05, 0.1) is 5.56 Å². The highest BCUT2D eigenvalue weighted by atomic mass is 16.4. The van der Waals surface area contributed by atoms with Gasteiger partial charge >= 0.3 is 5.97 Å². The molecule has 0 aliphatic carbocycles. The van der Waals surface area contributed by atoms with E-state index in [1.54, 1.807) is 23.9 Å². The van der Waals surface area contributed by atoms with Gasteiger partial charge in [-0.2, -0.15) is 0 Å². The maximum absolute atomic E-state index is 11.5. The molecule has 0 amide bonds. The molecule has 25 heavy (non-hydrogen) atoms. The molecule has 4 rings (SSSR count). The zero-order valence-electron chi connectivity index (χ0n) is 13.8. The van der Waals surface area contributed by atoms with Gasteiger partial charge in [-0.3, -0.25) is 0 Å². The van der Waals surface area contributed by atoms with E-state index in [2.05, 4.69) is 25.2 Å². The fraction of sp³-hybridized carbons (Fsp3) is 0.353. The third kappa shape index (κ3) is 2.69. The van der Waals surface area contributed by atoms with E-state index in [0.29, 0.717) is 16.7 Å². The van der Waals surface area contributed by atoms with Crippen molar-refractivity contribution < 1.29 is 9.90 Å². The van der Waals surface area contributed by atoms with Gasteiger partial charge in [0.2, 0.25) is 0 Å². The lowest BCUT2D eigenvalue weighted by Gasteiger charge is -2.33. The van der Waals surface area contributed by atoms with Crippen LogP contribution in [0.15, 0.2) is 30.6 Å². The molecule has 0 bridgehead atoms. The molecule has 1 aliphatic rings. The number of carboxylic acid groups (broad SMARTS) is 1. The molecule has 0 saturated carbocycles. The lowest BCUT2D eigenvalue weighted by Crippen LogP contribution is -2.34. The zero-order valence-corrected chi connectivity index (χ0v) is 13.8. The Balaban J connectivity index is 1.57. The Hall–Kier alpha value is -3.03. The molecule has 1 aliphatic heterocycles. The summed E-state index contributed by atoms with van der Waals surface area (Å²) >= 11 is 0. The minimum absolute atomic E-state index is 0.239. The average molecular weight is 338 g/mol. The molecule has 0 unspecified atom stereocenters. The summed E-state index contributed by atoms with van der Waals surface area (Å²) in [6.07, 6.45) is 3.28. The summed E-state index contributed by atoms with van der Waals surface area (Å²) in [5, 5.41) is 17.6. The van der Waals surface area contributed by atoms with E-state index < -0.39 is 5.97 Å². The van der Waals surface area contributed by atoms with Gasteiger partial charge in [-0.1, -0.05) is 23.4 Å². The second kappa shape index (κ2) is 6.12. The first-order valence-corrected chi connectivity index (χ1v) is 8.22. The van der Waals surface area contributed by atoms with Crippen molar-refractivity contribution in [1.29, 1.82) is 0 Å². The Morgan fingerprint density at radius 2 is 1.96 bits per heavy atom. The van der Waals surface area contributed by atoms with Crippen molar-refractivity contribution in [1.82, 2.24) is 25.0 Å². The molecule has 8 nitrogen and oxygen atoms in total. The molecule has 1 aromatic carbocycles. The number of carboxylic acids is 1. The van der Waals surface area contributed by atoms with E-state index in [-0.39, 0.29) is 5.92 Å². The van der Waals surface area contributed by atoms with Crippen molar-refractivity contribution in [3.05, 3.63) is 41.7 Å². The Bertz CT molecular complexity index is 930. The predicted octanol–water partition coefficient (Wildman–Crippen LogP) is 1.84. The van der Waals surface area contributed by atoms with Crippen molar-refractivity contribution in [2.75, 3.05) is 18.0 Å². The molecule has 0 spiro atoms. The van der Waals surface area contributed by atoms with Crippen LogP contribution in [0.1, 0.15) is 34.7 Å². The fourth-order valence-electron chi connectivity index (χ4n) is 3.52. The summed E-state index contributed by atoms with van der Waals surface area (Å²) < 4.78 is 1.64. The van der Waals surface area contributed by atoms with E-state index >= 15 is 0 Å². The van der Waals surface area contributed by atoms with Crippen molar-refractivity contribution in [2.24, 2.45) is 7.05 Å². The van der Waals surface area contributed by atoms with Crippen molar-refractivity contribution >= 4 is 23.0 Å². The molecule has 3 heterocycles. The van der Waals surface area contributed by atoms with E-state index in [9.17, 15) is 9.90 Å². The number of fused-ring (bicyclic) bond motifs is 1. The van der Waals surface area contributed by atoms with Crippen LogP contribution in [0.5, 0.6) is 0 Å². The van der Waals surface area contributed by atoms with Gasteiger partial charge in [0.1, 0.15) is 6.33 Å². The molecule has 3 aromatic rings. The molecule has 8 heteroatoms. The number of nitrogens with zero attached hydrogens (tertiary/aromatic N) is 6. The van der Waals surface area contributed by atoms with Crippen molar-refractivity contribution in [3.8, 4) is 0 Å². The summed E-state index contributed by atoms with van der Waals surface area (Å²) in [7, 11) is 1.81. The third-order valence-electron chi connectivity index (χ3n) is 4.79. The standard InChI is InChI=1S/C17H18N6O2/c1-22-15-14(20-21-22)16(19-10-18-15)23-8-6-11(7-9-23)12-4-2-3-5-13(12)17(24)25/h2-5,10-11H,6-9H2,1H3,(H,24,25). The highest BCUT2D eigenvalue weighted by Gasteiger charge is 2.26. The summed E-state index contributed by atoms with van der Waals surface area (Å²) in [6.45, 7) is 1.59. The average Bonchev–Trinajstić information content (AvgIpc) is 3.03. The Kier molecular flexibility index (Phi) is 3.79. The van der Waals surface area contributed by atoms with Crippen LogP contribution in [0.4, 0.5) is 5.82 Å². The quantitative estimate of drug-likeness (QED) is 0.778. The number of carbonyl (C=O) groups is 1. The van der Waals surface area contributed by atoms with Crippen molar-refractivity contribution in [3.63, 3.8) is 0 Å². The first-order chi connectivity index (χ1) is 12.1. The zero-order chi connectivity index (χ0) is 17.4. The van der Waals surface area contributed by atoms with E-state index in [1.165, 1.54) is 6.33 Å². The number of aromatic carboxylic acids is 1. The number of rotatable bonds is 3. The Labute approximate surface area is 144 Å². The van der Waals surface area contributed by atoms with Crippen LogP contribution in [-0.2, 0) is 7.05 Å². The van der Waals surface area contributed by atoms with Gasteiger partial charge < -0.3 is 10.0 Å². The van der Waals surface area contributed by atoms with Gasteiger partial charge in [-0.15, -0.1) is 5.10 Å². The normalized spacial score (nSPS) is 15.6. The van der Waals surface area contributed by atoms with Crippen LogP contribution in [0.2, 0.25) is 0 Å². The molecule has 1 saturated heterocycles. The van der Waals surface area contributed by atoms with E-state index in [4.69, 9.17) is 0 Å². The SMILES string of the molecule is Cn1nnc2c(N3CCC(c4ccccc4C(=O)O)CC3)ncnc21. The molecular formula is C17H18N6O2. The first-order valence-electron chi connectivity index (χ1n) is 8.22. The maximum atomic E-state index is 11.5. The minimum Gasteiger partial charge on any atom is -0.478 e. The van der Waals surface area contributed by atoms with E-state index in [1.807, 2.05) is 12.1 Å². The van der Waals surface area contributed by atoms with Crippen LogP contribution < -0.4 is 4.90 Å². The second-order valence-electron chi connectivity index (χ2n) is 6.24. The van der Waals surface area contributed by atoms with Crippen LogP contribution >= 0.6 is 0 Å². The number of aryl methyl sites for hydroxylation is 1. The highest BCUT2D eigenvalue weighted by Crippen LogP contribution is 2.33. The molecule has 0 radical (unpaired) electrons. The largest absolute Gasteiger partial charge is 0.478 e. The lowest BCUT2D eigenvalue weighted by molar-refractivity contribution is 0.0695. The number of hydrogen-bond acceptors (Lipinski definition) is 6. The van der Waals surface area contributed by atoms with Crippen LogP contribution in [-0.4, -0.2) is 49.1 Å². The minimum atomic E-state index is -0.866. The molecule has 128 valence electrons. The Morgan fingerprint density at radius 3 is 2.72 bits per heavy atom. The van der Waals surface area contributed by atoms with Gasteiger partial charge in [-0.25, -0.2) is 19.4 Å². The lowest BCUT2D eigenvalue weighted by atomic mass is 9.86. The molecule has 0 atom stereocenters. The molecule has 1 N–H and O–H groups in total. The maximum Gasteiger partial charge on any atom is 0.335 e. The van der Waals surface area contributed by atoms with Gasteiger partial charge in [-0.05, 0) is 30.4 Å². The number of anilines is 1. The summed E-state index contributed by atoms with van der Waals surface area (Å²) in [5.41, 5.74) is 2.74. The van der Waals surface area contributed by atoms with Crippen LogP contribution in [0.3, 0.4) is 0 Å². The number of benzene rings is 1. The summed E-state index contributed by atoms with van der Waals surface area (Å²) in [5.74, 6) is 0.168.